The van der Waals surface area contributed by atoms with Gasteiger partial charge in [0.1, 0.15) is 12.4 Å². The highest BCUT2D eigenvalue weighted by atomic mass is 35.5. The molecule has 14 heteroatoms. The molecule has 1 atom stereocenters. The van der Waals surface area contributed by atoms with E-state index in [1.807, 2.05) is 24.3 Å². The number of fused-ring (bicyclic) bond motifs is 2. The first-order valence-corrected chi connectivity index (χ1v) is 13.5. The number of hydrogen-bond donors (Lipinski definition) is 4. The normalized spacial score (nSPS) is 15.8. The topological polar surface area (TPSA) is 153 Å². The van der Waals surface area contributed by atoms with Crippen LogP contribution in [0.1, 0.15) is 22.7 Å². The van der Waals surface area contributed by atoms with Gasteiger partial charge in [0.25, 0.3) is 5.91 Å². The lowest BCUT2D eigenvalue weighted by molar-refractivity contribution is -0.135. The Hall–Kier alpha value is -5.40. The van der Waals surface area contributed by atoms with E-state index in [-0.39, 0.29) is 17.3 Å². The van der Waals surface area contributed by atoms with Gasteiger partial charge in [0.15, 0.2) is 11.4 Å². The first kappa shape index (κ1) is 27.8. The molecule has 13 nitrogen and oxygen atoms in total. The van der Waals surface area contributed by atoms with Crippen LogP contribution in [0.3, 0.4) is 0 Å². The number of benzene rings is 3. The number of rotatable bonds is 6. The second kappa shape index (κ2) is 11.8. The number of ether oxygens (including phenoxy) is 1. The maximum absolute atomic E-state index is 13.9. The summed E-state index contributed by atoms with van der Waals surface area (Å²) in [6.07, 6.45) is 4.51. The van der Waals surface area contributed by atoms with Crippen molar-refractivity contribution in [3.8, 4) is 0 Å². The molecule has 3 heterocycles. The van der Waals surface area contributed by atoms with Gasteiger partial charge < -0.3 is 19.5 Å². The molecule has 0 saturated carbocycles. The second-order valence-electron chi connectivity index (χ2n) is 9.58. The fraction of sp³-hybridized carbons (Fsp3) is 0.138. The van der Waals surface area contributed by atoms with Gasteiger partial charge in [-0.05, 0) is 54.0 Å². The average molecular weight is 601 g/mol. The van der Waals surface area contributed by atoms with Crippen LogP contribution in [0.4, 0.5) is 22.0 Å². The number of hydrogen-bond acceptors (Lipinski definition) is 10. The molecule has 2 aliphatic rings. The molecule has 0 saturated heterocycles. The molecule has 3 amide bonds. The molecule has 0 aliphatic carbocycles. The molecule has 6 rings (SSSR count). The Morgan fingerprint density at radius 3 is 2.79 bits per heavy atom. The highest BCUT2D eigenvalue weighted by molar-refractivity contribution is 6.30. The maximum Gasteiger partial charge on any atom is 0.411 e. The summed E-state index contributed by atoms with van der Waals surface area (Å²) in [6, 6.07) is 16.8. The van der Waals surface area contributed by atoms with Gasteiger partial charge in [-0.15, -0.1) is 5.53 Å². The van der Waals surface area contributed by atoms with E-state index in [4.69, 9.17) is 16.1 Å². The summed E-state index contributed by atoms with van der Waals surface area (Å²) in [7, 11) is 1.25. The highest BCUT2D eigenvalue weighted by Gasteiger charge is 2.36. The van der Waals surface area contributed by atoms with Crippen molar-refractivity contribution in [2.45, 2.75) is 12.5 Å². The van der Waals surface area contributed by atoms with Gasteiger partial charge in [0.05, 0.1) is 23.9 Å². The van der Waals surface area contributed by atoms with E-state index < -0.39 is 18.0 Å². The molecule has 2 aliphatic heterocycles. The molecule has 1 aromatic heterocycles. The third-order valence-electron chi connectivity index (χ3n) is 7.04. The highest BCUT2D eigenvalue weighted by Crippen LogP contribution is 2.34. The summed E-state index contributed by atoms with van der Waals surface area (Å²) in [6.45, 7) is 0.317. The van der Waals surface area contributed by atoms with E-state index in [1.54, 1.807) is 53.8 Å². The molecular formula is C29H25ClN8O5. The van der Waals surface area contributed by atoms with Gasteiger partial charge in [-0.25, -0.2) is 15.3 Å². The summed E-state index contributed by atoms with van der Waals surface area (Å²) in [4.78, 5) is 40.8. The van der Waals surface area contributed by atoms with E-state index >= 15 is 0 Å². The van der Waals surface area contributed by atoms with Crippen molar-refractivity contribution in [3.05, 3.63) is 88.5 Å². The number of aromatic nitrogens is 1. The molecule has 43 heavy (non-hydrogen) atoms. The van der Waals surface area contributed by atoms with Gasteiger partial charge >= 0.3 is 6.09 Å². The quantitative estimate of drug-likeness (QED) is 0.238. The summed E-state index contributed by atoms with van der Waals surface area (Å²) < 4.78 is 10.1. The molecule has 0 radical (unpaired) electrons. The lowest BCUT2D eigenvalue weighted by Crippen LogP contribution is -2.44. The minimum absolute atomic E-state index is 0.150. The minimum atomic E-state index is -0.944. The van der Waals surface area contributed by atoms with Crippen molar-refractivity contribution in [3.63, 3.8) is 0 Å². The number of hydrazine groups is 2. The predicted molar refractivity (Wildman–Crippen MR) is 161 cm³/mol. The molecular weight excluding hydrogens is 576 g/mol. The lowest BCUT2D eigenvalue weighted by atomic mass is 9.91. The number of nitrogens with one attached hydrogen (secondary N) is 4. The smallest absolute Gasteiger partial charge is 0.411 e. The zero-order valence-electron chi connectivity index (χ0n) is 22.7. The van der Waals surface area contributed by atoms with Gasteiger partial charge in [-0.1, -0.05) is 47.1 Å². The van der Waals surface area contributed by atoms with Crippen molar-refractivity contribution in [2.24, 2.45) is 5.10 Å². The monoisotopic (exact) mass is 600 g/mol. The standard InChI is InChI=1S/C29H25ClN8O5/c1-42-29(41)32-22-8-4-7-21-26(22)43-34-27(21)33-28(40)25-20-6-3-2-5-17(20)13-14-37(25)24(39)12-9-18-15-19(30)10-11-23(18)38-16-31-35-36-38/h2-12,15-16,25,35-36H,13-14H2,1H3,(H,32,41)(H,33,34,40)/b12-9+/t25-/m0/s1. The molecule has 0 spiro atoms. The van der Waals surface area contributed by atoms with Crippen LogP contribution in [-0.4, -0.2) is 48.0 Å². The van der Waals surface area contributed by atoms with E-state index in [1.165, 1.54) is 18.1 Å². The third-order valence-corrected chi connectivity index (χ3v) is 7.27. The molecule has 0 unspecified atom stereocenters. The van der Waals surface area contributed by atoms with Crippen LogP contribution in [0.5, 0.6) is 0 Å². The number of methoxy groups -OCH3 is 1. The van der Waals surface area contributed by atoms with Crippen molar-refractivity contribution < 1.29 is 23.6 Å². The van der Waals surface area contributed by atoms with Crippen LogP contribution >= 0.6 is 11.6 Å². The molecule has 0 fully saturated rings. The number of amides is 3. The van der Waals surface area contributed by atoms with Gasteiger partial charge in [-0.3, -0.25) is 14.9 Å². The molecule has 4 aromatic rings. The Morgan fingerprint density at radius 2 is 1.98 bits per heavy atom. The van der Waals surface area contributed by atoms with Gasteiger partial charge in [-0.2, -0.15) is 5.10 Å². The zero-order valence-corrected chi connectivity index (χ0v) is 23.5. The van der Waals surface area contributed by atoms with Crippen LogP contribution < -0.4 is 26.7 Å². The lowest BCUT2D eigenvalue weighted by Gasteiger charge is -2.35. The largest absolute Gasteiger partial charge is 0.453 e. The summed E-state index contributed by atoms with van der Waals surface area (Å²) in [5.41, 5.74) is 9.12. The summed E-state index contributed by atoms with van der Waals surface area (Å²) in [5, 5.41) is 15.9. The minimum Gasteiger partial charge on any atom is -0.453 e. The number of anilines is 3. The second-order valence-corrected chi connectivity index (χ2v) is 10.0. The fourth-order valence-electron chi connectivity index (χ4n) is 5.04. The first-order chi connectivity index (χ1) is 20.9. The summed E-state index contributed by atoms with van der Waals surface area (Å²) >= 11 is 6.25. The van der Waals surface area contributed by atoms with Crippen molar-refractivity contribution >= 4 is 70.1 Å². The van der Waals surface area contributed by atoms with E-state index in [2.05, 4.69) is 36.7 Å². The van der Waals surface area contributed by atoms with E-state index in [9.17, 15) is 14.4 Å². The van der Waals surface area contributed by atoms with Crippen LogP contribution in [0.15, 0.2) is 76.4 Å². The van der Waals surface area contributed by atoms with Crippen LogP contribution in [0, 0.1) is 0 Å². The Labute approximate surface area is 250 Å². The number of hydrazone groups is 1. The van der Waals surface area contributed by atoms with E-state index in [0.29, 0.717) is 45.9 Å². The van der Waals surface area contributed by atoms with Gasteiger partial charge in [0, 0.05) is 23.2 Å². The Balaban J connectivity index is 1.29. The Kier molecular flexibility index (Phi) is 7.64. The fourth-order valence-corrected chi connectivity index (χ4v) is 5.22. The molecule has 218 valence electrons. The average Bonchev–Trinajstić information content (AvgIpc) is 3.70. The predicted octanol–water partition coefficient (Wildman–Crippen LogP) is 4.21. The zero-order chi connectivity index (χ0) is 29.9. The third kappa shape index (κ3) is 5.58. The SMILES string of the molecule is COC(=O)Nc1cccc2c(NC(=O)[C@@H]3c4ccccc4CCN3C(=O)/C=C/c3cc(Cl)ccc3N3C=NNN3)noc12. The molecule has 0 bridgehead atoms. The van der Waals surface area contributed by atoms with Gasteiger partial charge in [0.2, 0.25) is 5.91 Å². The number of para-hydroxylation sites is 1. The van der Waals surface area contributed by atoms with Crippen LogP contribution in [0.25, 0.3) is 17.0 Å². The number of nitrogens with zero attached hydrogens (tertiary/aromatic N) is 4. The number of carbonyl (C=O) groups excluding carboxylic acids is 3. The van der Waals surface area contributed by atoms with Crippen molar-refractivity contribution in [1.29, 1.82) is 0 Å². The maximum atomic E-state index is 13.9. The summed E-state index contributed by atoms with van der Waals surface area (Å²) in [5.74, 6) is -0.685. The van der Waals surface area contributed by atoms with Crippen LogP contribution in [-0.2, 0) is 20.7 Å². The van der Waals surface area contributed by atoms with E-state index in [0.717, 1.165) is 5.56 Å². The molecule has 4 N–H and O–H groups in total. The Bertz CT molecular complexity index is 1790. The first-order valence-electron chi connectivity index (χ1n) is 13.2. The van der Waals surface area contributed by atoms with Crippen molar-refractivity contribution in [1.82, 2.24) is 21.1 Å². The number of halogens is 1. The number of carbonyl (C=O) groups is 3. The van der Waals surface area contributed by atoms with Crippen molar-refractivity contribution in [2.75, 3.05) is 29.3 Å². The molecule has 3 aromatic carbocycles. The Morgan fingerprint density at radius 1 is 1.12 bits per heavy atom. The van der Waals surface area contributed by atoms with Crippen LogP contribution in [0.2, 0.25) is 5.02 Å².